The van der Waals surface area contributed by atoms with Crippen LogP contribution in [0.4, 0.5) is 0 Å². The van der Waals surface area contributed by atoms with Crippen molar-refractivity contribution in [1.82, 2.24) is 0 Å². The van der Waals surface area contributed by atoms with E-state index in [0.717, 1.165) is 0 Å². The quantitative estimate of drug-likeness (QED) is 0.500. The Hall–Kier alpha value is -3.67. The molecule has 6 nitrogen and oxygen atoms in total. The van der Waals surface area contributed by atoms with Gasteiger partial charge >= 0.3 is 5.97 Å². The van der Waals surface area contributed by atoms with Gasteiger partial charge in [0.1, 0.15) is 11.5 Å². The van der Waals surface area contributed by atoms with Crippen molar-refractivity contribution in [2.24, 2.45) is 5.92 Å². The van der Waals surface area contributed by atoms with Crippen LogP contribution in [-0.2, 0) is 9.59 Å². The van der Waals surface area contributed by atoms with Crippen molar-refractivity contribution in [2.45, 2.75) is 12.8 Å². The number of benzene rings is 2. The average Bonchev–Trinajstić information content (AvgIpc) is 2.67. The first-order chi connectivity index (χ1) is 13.4. The van der Waals surface area contributed by atoms with Gasteiger partial charge in [-0.25, -0.2) is 4.79 Å². The van der Waals surface area contributed by atoms with Gasteiger partial charge < -0.3 is 14.9 Å². The highest BCUT2D eigenvalue weighted by Crippen LogP contribution is 2.47. The summed E-state index contributed by atoms with van der Waals surface area (Å²) in [7, 11) is 0. The second-order valence-electron chi connectivity index (χ2n) is 6.69. The summed E-state index contributed by atoms with van der Waals surface area (Å²) in [4.78, 5) is 37.8. The maximum absolute atomic E-state index is 13.3. The summed E-state index contributed by atoms with van der Waals surface area (Å²) in [5.41, 5.74) is 0.103. The van der Waals surface area contributed by atoms with Crippen LogP contribution in [0, 0.1) is 5.92 Å². The third kappa shape index (κ3) is 2.62. The number of rotatable bonds is 3. The topological polar surface area (TPSA) is 104 Å². The van der Waals surface area contributed by atoms with E-state index >= 15 is 0 Å². The van der Waals surface area contributed by atoms with Crippen molar-refractivity contribution >= 4 is 17.5 Å². The van der Waals surface area contributed by atoms with Gasteiger partial charge in [-0.1, -0.05) is 42.2 Å². The number of Topliss-reactive ketones (excluding diaryl/α,β-unsaturated/α-hetero) is 2. The van der Waals surface area contributed by atoms with Gasteiger partial charge in [0.05, 0.1) is 11.5 Å². The fraction of sp³-hybridized carbons (Fsp3) is 0.136. The van der Waals surface area contributed by atoms with Gasteiger partial charge in [0.15, 0.2) is 11.6 Å². The molecule has 0 fully saturated rings. The van der Waals surface area contributed by atoms with E-state index in [1.54, 1.807) is 36.4 Å². The summed E-state index contributed by atoms with van der Waals surface area (Å²) >= 11 is 0. The Morgan fingerprint density at radius 3 is 2.46 bits per heavy atom. The highest BCUT2D eigenvalue weighted by Gasteiger charge is 2.43. The van der Waals surface area contributed by atoms with Gasteiger partial charge in [0, 0.05) is 22.6 Å². The standard InChI is InChI=1S/C22H16O6/c1-11(23)14-10-15(20(25)12-6-2-4-8-16(12)24)18-13-7-3-5-9-17(13)28-22(27)19(18)21(14)26/h2-10,15,18,24,26H,1H3/p-1. The van der Waals surface area contributed by atoms with E-state index in [9.17, 15) is 24.6 Å². The lowest BCUT2D eigenvalue weighted by molar-refractivity contribution is -0.299. The molecular formula is C22H15O6-. The molecule has 0 aromatic heterocycles. The summed E-state index contributed by atoms with van der Waals surface area (Å²) in [5.74, 6) is -4.46. The molecule has 2 aromatic rings. The van der Waals surface area contributed by atoms with Crippen molar-refractivity contribution in [1.29, 1.82) is 0 Å². The Labute approximate surface area is 160 Å². The Bertz CT molecular complexity index is 1090. The zero-order chi connectivity index (χ0) is 20.0. The van der Waals surface area contributed by atoms with Crippen LogP contribution in [0.1, 0.15) is 28.8 Å². The van der Waals surface area contributed by atoms with Crippen molar-refractivity contribution in [3.05, 3.63) is 82.6 Å². The lowest BCUT2D eigenvalue weighted by Gasteiger charge is -2.38. The fourth-order valence-electron chi connectivity index (χ4n) is 3.74. The number of ether oxygens (including phenoxy) is 1. The van der Waals surface area contributed by atoms with Gasteiger partial charge in [0.25, 0.3) is 0 Å². The molecular weight excluding hydrogens is 360 g/mol. The maximum Gasteiger partial charge on any atom is 0.339 e. The molecule has 0 spiro atoms. The van der Waals surface area contributed by atoms with E-state index in [2.05, 4.69) is 0 Å². The number of allylic oxidation sites excluding steroid dienone is 2. The number of phenols is 1. The smallest absolute Gasteiger partial charge is 0.339 e. The summed E-state index contributed by atoms with van der Waals surface area (Å²) < 4.78 is 5.26. The van der Waals surface area contributed by atoms with Gasteiger partial charge in [0.2, 0.25) is 0 Å². The van der Waals surface area contributed by atoms with Crippen LogP contribution in [0.15, 0.2) is 71.5 Å². The monoisotopic (exact) mass is 375 g/mol. The van der Waals surface area contributed by atoms with Crippen LogP contribution in [0.3, 0.4) is 0 Å². The Morgan fingerprint density at radius 2 is 1.75 bits per heavy atom. The van der Waals surface area contributed by atoms with E-state index in [0.29, 0.717) is 5.56 Å². The molecule has 0 bridgehead atoms. The molecule has 0 saturated heterocycles. The second kappa shape index (κ2) is 6.49. The van der Waals surface area contributed by atoms with Gasteiger partial charge in [-0.2, -0.15) is 0 Å². The summed E-state index contributed by atoms with van der Waals surface area (Å²) in [6.45, 7) is 1.20. The average molecular weight is 375 g/mol. The number of esters is 1. The predicted molar refractivity (Wildman–Crippen MR) is 96.5 cm³/mol. The largest absolute Gasteiger partial charge is 0.872 e. The number of hydrogen-bond donors (Lipinski definition) is 1. The molecule has 2 unspecified atom stereocenters. The van der Waals surface area contributed by atoms with Crippen LogP contribution in [0.2, 0.25) is 0 Å². The predicted octanol–water partition coefficient (Wildman–Crippen LogP) is 2.04. The molecule has 1 aliphatic heterocycles. The number of aromatic hydroxyl groups is 1. The number of phenolic OH excluding ortho intramolecular Hbond substituents is 1. The third-order valence-corrected chi connectivity index (χ3v) is 5.03. The lowest BCUT2D eigenvalue weighted by Crippen LogP contribution is -2.38. The van der Waals surface area contributed by atoms with Crippen molar-refractivity contribution in [2.75, 3.05) is 0 Å². The van der Waals surface area contributed by atoms with E-state index in [-0.39, 0.29) is 28.2 Å². The first-order valence-corrected chi connectivity index (χ1v) is 8.67. The number of carbonyl (C=O) groups excluding carboxylic acids is 3. The zero-order valence-corrected chi connectivity index (χ0v) is 14.8. The van der Waals surface area contributed by atoms with Gasteiger partial charge in [-0.15, -0.1) is 0 Å². The molecule has 0 radical (unpaired) electrons. The number of ketones is 2. The van der Waals surface area contributed by atoms with Crippen LogP contribution >= 0.6 is 0 Å². The third-order valence-electron chi connectivity index (χ3n) is 5.03. The molecule has 4 rings (SSSR count). The number of fused-ring (bicyclic) bond motifs is 3. The summed E-state index contributed by atoms with van der Waals surface area (Å²) in [5, 5.41) is 22.9. The fourth-order valence-corrected chi connectivity index (χ4v) is 3.74. The van der Waals surface area contributed by atoms with Crippen molar-refractivity contribution in [3.63, 3.8) is 0 Å². The second-order valence-corrected chi connectivity index (χ2v) is 6.69. The molecule has 28 heavy (non-hydrogen) atoms. The molecule has 1 N–H and O–H groups in total. The molecule has 2 aliphatic rings. The first-order valence-electron chi connectivity index (χ1n) is 8.67. The first kappa shape index (κ1) is 17.7. The number of carbonyl (C=O) groups is 3. The summed E-state index contributed by atoms with van der Waals surface area (Å²) in [6.07, 6.45) is 1.31. The highest BCUT2D eigenvalue weighted by atomic mass is 16.5. The zero-order valence-electron chi connectivity index (χ0n) is 14.8. The van der Waals surface area contributed by atoms with Gasteiger partial charge in [-0.3, -0.25) is 9.59 Å². The van der Waals surface area contributed by atoms with E-state index in [4.69, 9.17) is 4.74 Å². The minimum atomic E-state index is -1.01. The molecule has 1 aliphatic carbocycles. The van der Waals surface area contributed by atoms with E-state index in [1.165, 1.54) is 25.1 Å². The Morgan fingerprint density at radius 1 is 1.07 bits per heavy atom. The lowest BCUT2D eigenvalue weighted by atomic mass is 9.70. The van der Waals surface area contributed by atoms with Crippen LogP contribution in [0.5, 0.6) is 11.5 Å². The molecule has 0 saturated carbocycles. The Kier molecular flexibility index (Phi) is 4.11. The normalized spacial score (nSPS) is 20.6. The summed E-state index contributed by atoms with van der Waals surface area (Å²) in [6, 6.07) is 12.7. The molecule has 140 valence electrons. The molecule has 0 amide bonds. The van der Waals surface area contributed by atoms with Crippen LogP contribution in [0.25, 0.3) is 0 Å². The highest BCUT2D eigenvalue weighted by molar-refractivity contribution is 6.09. The minimum Gasteiger partial charge on any atom is -0.872 e. The maximum atomic E-state index is 13.3. The SMILES string of the molecule is CC(=O)C1=CC(C(=O)c2ccccc2O)C2C(=C1[O-])C(=O)Oc1ccccc12. The van der Waals surface area contributed by atoms with Crippen LogP contribution < -0.4 is 9.84 Å². The molecule has 2 atom stereocenters. The van der Waals surface area contributed by atoms with E-state index in [1.807, 2.05) is 0 Å². The minimum absolute atomic E-state index is 0.0526. The van der Waals surface area contributed by atoms with Crippen LogP contribution in [-0.4, -0.2) is 22.6 Å². The van der Waals surface area contributed by atoms with Crippen molar-refractivity contribution in [3.8, 4) is 11.5 Å². The number of para-hydroxylation sites is 2. The van der Waals surface area contributed by atoms with Gasteiger partial charge in [-0.05, 0) is 25.1 Å². The number of hydrogen-bond acceptors (Lipinski definition) is 6. The molecule has 2 aromatic carbocycles. The molecule has 6 heteroatoms. The van der Waals surface area contributed by atoms with Crippen molar-refractivity contribution < 1.29 is 29.3 Å². The van der Waals surface area contributed by atoms with E-state index < -0.39 is 35.1 Å². The Balaban J connectivity index is 1.95. The molecule has 1 heterocycles.